The molecule has 118 valence electrons. The third kappa shape index (κ3) is 2.77. The van der Waals surface area contributed by atoms with Gasteiger partial charge in [0.1, 0.15) is 11.6 Å². The number of piperidine rings is 1. The van der Waals surface area contributed by atoms with E-state index in [-0.39, 0.29) is 18.3 Å². The molecule has 0 saturated carbocycles. The molecule has 0 unspecified atom stereocenters. The van der Waals surface area contributed by atoms with Gasteiger partial charge < -0.3 is 14.2 Å². The first kappa shape index (κ1) is 15.5. The summed E-state index contributed by atoms with van der Waals surface area (Å²) in [5, 5.41) is 0. The Labute approximate surface area is 132 Å². The maximum atomic E-state index is 11.3. The SMILES string of the molecule is CC1(C)OB(c2ccc(N3CCC(=O)CC3)nc2)OC1(C)C. The topological polar surface area (TPSA) is 51.7 Å². The van der Waals surface area contributed by atoms with Gasteiger partial charge in [-0.3, -0.25) is 4.79 Å². The predicted molar refractivity (Wildman–Crippen MR) is 86.4 cm³/mol. The maximum absolute atomic E-state index is 11.3. The van der Waals surface area contributed by atoms with Crippen molar-refractivity contribution in [3.8, 4) is 0 Å². The largest absolute Gasteiger partial charge is 0.496 e. The van der Waals surface area contributed by atoms with E-state index in [1.54, 1.807) is 0 Å². The second-order valence-electron chi connectivity index (χ2n) is 7.06. The van der Waals surface area contributed by atoms with E-state index >= 15 is 0 Å². The second kappa shape index (κ2) is 5.35. The molecule has 0 bridgehead atoms. The highest BCUT2D eigenvalue weighted by Gasteiger charge is 2.51. The van der Waals surface area contributed by atoms with Crippen molar-refractivity contribution in [2.75, 3.05) is 18.0 Å². The van der Waals surface area contributed by atoms with Crippen LogP contribution in [0.25, 0.3) is 0 Å². The molecule has 1 aromatic heterocycles. The molecular weight excluding hydrogens is 279 g/mol. The third-order valence-electron chi connectivity index (χ3n) is 4.94. The highest BCUT2D eigenvalue weighted by atomic mass is 16.7. The zero-order valence-corrected chi connectivity index (χ0v) is 13.8. The van der Waals surface area contributed by atoms with Gasteiger partial charge in [-0.25, -0.2) is 4.98 Å². The van der Waals surface area contributed by atoms with Gasteiger partial charge in [0.2, 0.25) is 0 Å². The molecule has 2 fully saturated rings. The lowest BCUT2D eigenvalue weighted by Gasteiger charge is -2.32. The standard InChI is InChI=1S/C16H23BN2O3/c1-15(2)16(3,4)22-17(21-15)12-5-6-14(18-11-12)19-9-7-13(20)8-10-19/h5-6,11H,7-10H2,1-4H3. The van der Waals surface area contributed by atoms with Crippen LogP contribution in [0, 0.1) is 0 Å². The number of anilines is 1. The Morgan fingerprint density at radius 2 is 1.68 bits per heavy atom. The minimum absolute atomic E-state index is 0.338. The lowest BCUT2D eigenvalue weighted by Crippen LogP contribution is -2.41. The third-order valence-corrected chi connectivity index (χ3v) is 4.94. The zero-order valence-electron chi connectivity index (χ0n) is 13.8. The number of carbonyl (C=O) groups is 1. The van der Waals surface area contributed by atoms with Crippen LogP contribution in [0.3, 0.4) is 0 Å². The van der Waals surface area contributed by atoms with Gasteiger partial charge in [0.25, 0.3) is 0 Å². The molecule has 3 heterocycles. The fraction of sp³-hybridized carbons (Fsp3) is 0.625. The van der Waals surface area contributed by atoms with Crippen LogP contribution in [0.4, 0.5) is 5.82 Å². The molecule has 22 heavy (non-hydrogen) atoms. The smallest absolute Gasteiger partial charge is 0.399 e. The number of Topliss-reactive ketones (excluding diaryl/α,β-unsaturated/α-hetero) is 1. The summed E-state index contributed by atoms with van der Waals surface area (Å²) in [4.78, 5) is 18.0. The second-order valence-corrected chi connectivity index (χ2v) is 7.06. The zero-order chi connectivity index (χ0) is 16.0. The lowest BCUT2D eigenvalue weighted by molar-refractivity contribution is -0.119. The van der Waals surface area contributed by atoms with Gasteiger partial charge >= 0.3 is 7.12 Å². The first-order valence-corrected chi connectivity index (χ1v) is 7.87. The fourth-order valence-electron chi connectivity index (χ4n) is 2.69. The van der Waals surface area contributed by atoms with Crippen LogP contribution >= 0.6 is 0 Å². The molecule has 3 rings (SSSR count). The summed E-state index contributed by atoms with van der Waals surface area (Å²) in [5.41, 5.74) is 0.239. The van der Waals surface area contributed by atoms with Gasteiger partial charge in [0.15, 0.2) is 0 Å². The molecule has 0 radical (unpaired) electrons. The van der Waals surface area contributed by atoms with Gasteiger partial charge in [-0.1, -0.05) is 6.07 Å². The Morgan fingerprint density at radius 1 is 1.09 bits per heavy atom. The highest BCUT2D eigenvalue weighted by Crippen LogP contribution is 2.36. The number of hydrogen-bond acceptors (Lipinski definition) is 5. The summed E-state index contributed by atoms with van der Waals surface area (Å²) < 4.78 is 12.1. The molecule has 6 heteroatoms. The fourth-order valence-corrected chi connectivity index (χ4v) is 2.69. The van der Waals surface area contributed by atoms with E-state index in [0.717, 1.165) is 24.4 Å². The molecule has 0 aromatic carbocycles. The Bertz CT molecular complexity index is 545. The van der Waals surface area contributed by atoms with Crippen LogP contribution in [0.2, 0.25) is 0 Å². The lowest BCUT2D eigenvalue weighted by atomic mass is 9.80. The van der Waals surface area contributed by atoms with E-state index in [2.05, 4.69) is 9.88 Å². The first-order valence-electron chi connectivity index (χ1n) is 7.87. The molecule has 0 N–H and O–H groups in total. The normalized spacial score (nSPS) is 23.9. The van der Waals surface area contributed by atoms with Crippen molar-refractivity contribution in [1.82, 2.24) is 4.98 Å². The van der Waals surface area contributed by atoms with Crippen molar-refractivity contribution in [1.29, 1.82) is 0 Å². The molecule has 0 amide bonds. The average Bonchev–Trinajstić information content (AvgIpc) is 2.68. The molecule has 2 aliphatic rings. The molecular formula is C16H23BN2O3. The first-order chi connectivity index (χ1) is 10.3. The minimum atomic E-state index is -0.380. The van der Waals surface area contributed by atoms with Crippen molar-refractivity contribution in [3.05, 3.63) is 18.3 Å². The van der Waals surface area contributed by atoms with Gasteiger partial charge in [0, 0.05) is 37.6 Å². The van der Waals surface area contributed by atoms with E-state index < -0.39 is 0 Å². The number of nitrogens with zero attached hydrogens (tertiary/aromatic N) is 2. The summed E-state index contributed by atoms with van der Waals surface area (Å²) in [6.45, 7) is 9.67. The average molecular weight is 302 g/mol. The number of carbonyl (C=O) groups excluding carboxylic acids is 1. The Hall–Kier alpha value is -1.40. The van der Waals surface area contributed by atoms with Gasteiger partial charge in [-0.2, -0.15) is 0 Å². The molecule has 2 saturated heterocycles. The van der Waals surface area contributed by atoms with Crippen LogP contribution < -0.4 is 10.4 Å². The van der Waals surface area contributed by atoms with E-state index in [0.29, 0.717) is 18.6 Å². The maximum Gasteiger partial charge on any atom is 0.496 e. The molecule has 0 aliphatic carbocycles. The van der Waals surface area contributed by atoms with Crippen LogP contribution in [0.1, 0.15) is 40.5 Å². The minimum Gasteiger partial charge on any atom is -0.399 e. The summed E-state index contributed by atoms with van der Waals surface area (Å²) in [7, 11) is -0.380. The summed E-state index contributed by atoms with van der Waals surface area (Å²) in [6, 6.07) is 3.98. The Morgan fingerprint density at radius 3 is 2.18 bits per heavy atom. The number of hydrogen-bond donors (Lipinski definition) is 0. The van der Waals surface area contributed by atoms with E-state index in [1.807, 2.05) is 46.0 Å². The number of ketones is 1. The monoisotopic (exact) mass is 302 g/mol. The molecule has 1 aromatic rings. The van der Waals surface area contributed by atoms with Crippen molar-refractivity contribution >= 4 is 24.2 Å². The number of aromatic nitrogens is 1. The predicted octanol–water partition coefficient (Wildman–Crippen LogP) is 1.55. The number of rotatable bonds is 2. The Balaban J connectivity index is 1.71. The van der Waals surface area contributed by atoms with E-state index in [1.165, 1.54) is 0 Å². The summed E-state index contributed by atoms with van der Waals surface area (Å²) >= 11 is 0. The van der Waals surface area contributed by atoms with Crippen molar-refractivity contribution < 1.29 is 14.1 Å². The van der Waals surface area contributed by atoms with Crippen molar-refractivity contribution in [2.45, 2.75) is 51.7 Å². The van der Waals surface area contributed by atoms with Crippen LogP contribution in [0.5, 0.6) is 0 Å². The quantitative estimate of drug-likeness (QED) is 0.776. The van der Waals surface area contributed by atoms with Crippen LogP contribution in [0.15, 0.2) is 18.3 Å². The summed E-state index contributed by atoms with van der Waals surface area (Å²) in [6.07, 6.45) is 3.04. The van der Waals surface area contributed by atoms with Gasteiger partial charge in [0.05, 0.1) is 11.2 Å². The summed E-state index contributed by atoms with van der Waals surface area (Å²) in [5.74, 6) is 1.25. The molecule has 5 nitrogen and oxygen atoms in total. The van der Waals surface area contributed by atoms with E-state index in [4.69, 9.17) is 9.31 Å². The highest BCUT2D eigenvalue weighted by molar-refractivity contribution is 6.62. The van der Waals surface area contributed by atoms with Crippen molar-refractivity contribution in [2.24, 2.45) is 0 Å². The molecule has 0 atom stereocenters. The molecule has 0 spiro atoms. The number of pyridine rings is 1. The van der Waals surface area contributed by atoms with Crippen molar-refractivity contribution in [3.63, 3.8) is 0 Å². The Kier molecular flexibility index (Phi) is 3.77. The van der Waals surface area contributed by atoms with E-state index in [9.17, 15) is 4.79 Å². The van der Waals surface area contributed by atoms with Gasteiger partial charge in [-0.05, 0) is 33.8 Å². The van der Waals surface area contributed by atoms with Crippen LogP contribution in [-0.4, -0.2) is 42.2 Å². The molecule has 2 aliphatic heterocycles. The van der Waals surface area contributed by atoms with Gasteiger partial charge in [-0.15, -0.1) is 0 Å². The van der Waals surface area contributed by atoms with Crippen LogP contribution in [-0.2, 0) is 14.1 Å².